The van der Waals surface area contributed by atoms with Crippen LogP contribution in [0.2, 0.25) is 0 Å². The fraction of sp³-hybridized carbons (Fsp3) is 1.00. The Kier molecular flexibility index (Phi) is 6.47. The number of nitrogens with one attached hydrogen (secondary N) is 3. The summed E-state index contributed by atoms with van der Waals surface area (Å²) in [4.78, 5) is 0. The Hall–Kier alpha value is -0.170. The van der Waals surface area contributed by atoms with E-state index >= 15 is 0 Å². The van der Waals surface area contributed by atoms with Gasteiger partial charge in [0.2, 0.25) is 0 Å². The maximum absolute atomic E-state index is 11.9. The molecule has 0 aromatic rings. The van der Waals surface area contributed by atoms with Gasteiger partial charge in [0.05, 0.1) is 0 Å². The van der Waals surface area contributed by atoms with Gasteiger partial charge in [-0.1, -0.05) is 19.3 Å². The van der Waals surface area contributed by atoms with Crippen LogP contribution >= 0.6 is 0 Å². The van der Waals surface area contributed by atoms with E-state index in [9.17, 15) is 8.42 Å². The van der Waals surface area contributed by atoms with Crippen LogP contribution in [0.4, 0.5) is 0 Å². The van der Waals surface area contributed by atoms with E-state index in [0.29, 0.717) is 19.0 Å². The average molecular weight is 317 g/mol. The molecular weight excluding hydrogens is 286 g/mol. The molecule has 2 rings (SSSR count). The van der Waals surface area contributed by atoms with Crippen LogP contribution in [0.25, 0.3) is 0 Å². The molecule has 1 heterocycles. The molecule has 0 unspecified atom stereocenters. The zero-order chi connectivity index (χ0) is 15.2. The summed E-state index contributed by atoms with van der Waals surface area (Å²) < 4.78 is 29.2. The lowest BCUT2D eigenvalue weighted by molar-refractivity contribution is 0.356. The number of rotatable bonds is 8. The Labute approximate surface area is 129 Å². The van der Waals surface area contributed by atoms with E-state index in [1.54, 1.807) is 0 Å². The second-order valence-corrected chi connectivity index (χ2v) is 8.53. The first-order chi connectivity index (χ1) is 9.99. The van der Waals surface area contributed by atoms with Gasteiger partial charge in [-0.2, -0.15) is 8.42 Å². The summed E-state index contributed by atoms with van der Waals surface area (Å²) >= 11 is 0. The van der Waals surface area contributed by atoms with Gasteiger partial charge < -0.3 is 5.32 Å². The molecule has 0 spiro atoms. The first-order valence-corrected chi connectivity index (χ1v) is 9.97. The molecule has 2 fully saturated rings. The zero-order valence-electron chi connectivity index (χ0n) is 13.3. The van der Waals surface area contributed by atoms with Crippen LogP contribution in [-0.4, -0.2) is 33.6 Å². The van der Waals surface area contributed by atoms with Crippen molar-refractivity contribution < 1.29 is 8.42 Å². The summed E-state index contributed by atoms with van der Waals surface area (Å²) in [5.74, 6) is 0.525. The smallest absolute Gasteiger partial charge is 0.276 e. The molecular formula is C15H31N3O2S. The highest BCUT2D eigenvalue weighted by Crippen LogP contribution is 2.24. The van der Waals surface area contributed by atoms with Crippen LogP contribution in [0, 0.1) is 5.92 Å². The van der Waals surface area contributed by atoms with Gasteiger partial charge in [-0.15, -0.1) is 0 Å². The van der Waals surface area contributed by atoms with Crippen LogP contribution in [0.5, 0.6) is 0 Å². The topological polar surface area (TPSA) is 70.2 Å². The molecule has 6 heteroatoms. The molecule has 1 aliphatic heterocycles. The van der Waals surface area contributed by atoms with Crippen LogP contribution in [-0.2, 0) is 10.2 Å². The molecule has 1 saturated carbocycles. The van der Waals surface area contributed by atoms with E-state index in [0.717, 1.165) is 32.2 Å². The van der Waals surface area contributed by atoms with Gasteiger partial charge in [-0.3, -0.25) is 0 Å². The van der Waals surface area contributed by atoms with Gasteiger partial charge in [0.15, 0.2) is 0 Å². The third kappa shape index (κ3) is 6.22. The molecule has 124 valence electrons. The monoisotopic (exact) mass is 317 g/mol. The van der Waals surface area contributed by atoms with Crippen molar-refractivity contribution in [2.75, 3.05) is 19.6 Å². The lowest BCUT2D eigenvalue weighted by Gasteiger charge is -2.24. The molecule has 3 N–H and O–H groups in total. The van der Waals surface area contributed by atoms with Gasteiger partial charge in [-0.25, -0.2) is 9.44 Å². The van der Waals surface area contributed by atoms with Gasteiger partial charge in [0, 0.05) is 18.6 Å². The minimum Gasteiger partial charge on any atom is -0.312 e. The lowest BCUT2D eigenvalue weighted by Crippen LogP contribution is -2.41. The third-order valence-corrected chi connectivity index (χ3v) is 6.07. The van der Waals surface area contributed by atoms with Gasteiger partial charge in [0.25, 0.3) is 10.2 Å². The Balaban J connectivity index is 1.59. The molecule has 21 heavy (non-hydrogen) atoms. The van der Waals surface area contributed by atoms with Crippen molar-refractivity contribution in [1.82, 2.24) is 14.8 Å². The maximum Gasteiger partial charge on any atom is 0.276 e. The van der Waals surface area contributed by atoms with Crippen molar-refractivity contribution in [3.63, 3.8) is 0 Å². The summed E-state index contributed by atoms with van der Waals surface area (Å²) in [6, 6.07) is 0. The standard InChI is InChI=1S/C15H31N3O2S/c1-15(9-5-11-16-15)10-6-12-17-21(19,20)18-13-14-7-3-2-4-8-14/h14,16-18H,2-13H2,1H3/t15-/m0/s1. The van der Waals surface area contributed by atoms with Gasteiger partial charge in [-0.05, 0) is 57.9 Å². The van der Waals surface area contributed by atoms with Crippen molar-refractivity contribution in [3.05, 3.63) is 0 Å². The summed E-state index contributed by atoms with van der Waals surface area (Å²) in [7, 11) is -3.32. The predicted molar refractivity (Wildman–Crippen MR) is 86.4 cm³/mol. The van der Waals surface area contributed by atoms with E-state index < -0.39 is 10.2 Å². The highest BCUT2D eigenvalue weighted by Gasteiger charge is 2.27. The zero-order valence-corrected chi connectivity index (χ0v) is 14.1. The van der Waals surface area contributed by atoms with Crippen molar-refractivity contribution in [3.8, 4) is 0 Å². The molecule has 0 aromatic carbocycles. The van der Waals surface area contributed by atoms with Crippen molar-refractivity contribution in [2.45, 2.75) is 70.3 Å². The molecule has 1 aliphatic carbocycles. The second kappa shape index (κ2) is 7.90. The number of hydrogen-bond acceptors (Lipinski definition) is 3. The van der Waals surface area contributed by atoms with Gasteiger partial charge >= 0.3 is 0 Å². The fourth-order valence-electron chi connectivity index (χ4n) is 3.53. The Morgan fingerprint density at radius 1 is 1.14 bits per heavy atom. The molecule has 0 bridgehead atoms. The quantitative estimate of drug-likeness (QED) is 0.599. The van der Waals surface area contributed by atoms with Gasteiger partial charge in [0.1, 0.15) is 0 Å². The van der Waals surface area contributed by atoms with Crippen LogP contribution in [0.3, 0.4) is 0 Å². The van der Waals surface area contributed by atoms with Crippen molar-refractivity contribution in [1.29, 1.82) is 0 Å². The van der Waals surface area contributed by atoms with E-state index in [2.05, 4.69) is 21.7 Å². The van der Waals surface area contributed by atoms with E-state index in [-0.39, 0.29) is 5.54 Å². The highest BCUT2D eigenvalue weighted by atomic mass is 32.2. The average Bonchev–Trinajstić information content (AvgIpc) is 2.90. The molecule has 0 aromatic heterocycles. The molecule has 5 nitrogen and oxygen atoms in total. The summed E-state index contributed by atoms with van der Waals surface area (Å²) in [5, 5.41) is 3.51. The number of hydrogen-bond donors (Lipinski definition) is 3. The molecule has 1 atom stereocenters. The van der Waals surface area contributed by atoms with Crippen molar-refractivity contribution in [2.24, 2.45) is 5.92 Å². The minimum atomic E-state index is -3.32. The molecule has 0 radical (unpaired) electrons. The summed E-state index contributed by atoms with van der Waals surface area (Å²) in [5.41, 5.74) is 0.209. The Morgan fingerprint density at radius 2 is 1.90 bits per heavy atom. The second-order valence-electron chi connectivity index (χ2n) is 6.94. The summed E-state index contributed by atoms with van der Waals surface area (Å²) in [6.07, 6.45) is 10.4. The van der Waals surface area contributed by atoms with Crippen molar-refractivity contribution >= 4 is 10.2 Å². The van der Waals surface area contributed by atoms with Crippen LogP contribution in [0.1, 0.15) is 64.7 Å². The molecule has 1 saturated heterocycles. The van der Waals surface area contributed by atoms with E-state index in [4.69, 9.17) is 0 Å². The summed E-state index contributed by atoms with van der Waals surface area (Å²) in [6.45, 7) is 4.44. The normalized spacial score (nSPS) is 28.0. The minimum absolute atomic E-state index is 0.209. The largest absolute Gasteiger partial charge is 0.312 e. The molecule has 2 aliphatic rings. The Bertz CT molecular complexity index is 399. The van der Waals surface area contributed by atoms with E-state index in [1.165, 1.54) is 32.1 Å². The van der Waals surface area contributed by atoms with Crippen LogP contribution < -0.4 is 14.8 Å². The SMILES string of the molecule is C[C@@]1(CCCNS(=O)(=O)NCC2CCCCC2)CCCN1. The fourth-order valence-corrected chi connectivity index (χ4v) is 4.50. The predicted octanol–water partition coefficient (Wildman–Crippen LogP) is 1.91. The maximum atomic E-state index is 11.9. The first-order valence-electron chi connectivity index (χ1n) is 8.48. The first kappa shape index (κ1) is 17.2. The molecule has 0 amide bonds. The Morgan fingerprint density at radius 3 is 2.57 bits per heavy atom. The third-order valence-electron chi connectivity index (χ3n) is 4.94. The van der Waals surface area contributed by atoms with Crippen LogP contribution in [0.15, 0.2) is 0 Å². The lowest BCUT2D eigenvalue weighted by atomic mass is 9.90. The van der Waals surface area contributed by atoms with E-state index in [1.807, 2.05) is 0 Å². The highest BCUT2D eigenvalue weighted by molar-refractivity contribution is 7.87.